The van der Waals surface area contributed by atoms with E-state index in [1.165, 1.54) is 4.68 Å². The Hall–Kier alpha value is -4.08. The summed E-state index contributed by atoms with van der Waals surface area (Å²) in [6, 6.07) is 11.6. The lowest BCUT2D eigenvalue weighted by Crippen LogP contribution is -2.24. The van der Waals surface area contributed by atoms with Gasteiger partial charge in [-0.1, -0.05) is 0 Å². The molecule has 31 heavy (non-hydrogen) atoms. The Kier molecular flexibility index (Phi) is 4.66. The van der Waals surface area contributed by atoms with Crippen LogP contribution in [0.25, 0.3) is 11.4 Å². The van der Waals surface area contributed by atoms with E-state index in [2.05, 4.69) is 20.7 Å². The molecule has 0 radical (unpaired) electrons. The molecule has 5 rings (SSSR count). The maximum Gasteiger partial charge on any atom is 0.252 e. The number of fused-ring (bicyclic) bond motifs is 2. The van der Waals surface area contributed by atoms with E-state index in [0.717, 1.165) is 11.3 Å². The third-order valence-corrected chi connectivity index (χ3v) is 5.02. The van der Waals surface area contributed by atoms with Gasteiger partial charge < -0.3 is 19.5 Å². The molecule has 3 heterocycles. The number of ether oxygens (including phenoxy) is 3. The number of amides is 2. The molecule has 2 aromatic carbocycles. The zero-order valence-corrected chi connectivity index (χ0v) is 16.6. The fourth-order valence-electron chi connectivity index (χ4n) is 3.48. The lowest BCUT2D eigenvalue weighted by atomic mass is 10.2. The second kappa shape index (κ2) is 7.63. The van der Waals surface area contributed by atoms with Crippen molar-refractivity contribution < 1.29 is 23.8 Å². The molecule has 0 saturated carbocycles. The predicted molar refractivity (Wildman–Crippen MR) is 110 cm³/mol. The number of hydrogen-bond acceptors (Lipinski definition) is 7. The van der Waals surface area contributed by atoms with Crippen molar-refractivity contribution in [3.8, 4) is 28.6 Å². The van der Waals surface area contributed by atoms with Crippen LogP contribution in [0.2, 0.25) is 0 Å². The quantitative estimate of drug-likeness (QED) is 0.649. The average Bonchev–Trinajstić information content (AvgIpc) is 3.32. The summed E-state index contributed by atoms with van der Waals surface area (Å²) in [5.41, 5.74) is 1.34. The van der Waals surface area contributed by atoms with Crippen LogP contribution in [0.15, 0.2) is 42.5 Å². The highest BCUT2D eigenvalue weighted by molar-refractivity contribution is 6.01. The van der Waals surface area contributed by atoms with E-state index in [0.29, 0.717) is 42.2 Å². The van der Waals surface area contributed by atoms with Crippen LogP contribution < -0.4 is 24.8 Å². The van der Waals surface area contributed by atoms with E-state index in [4.69, 9.17) is 14.2 Å². The van der Waals surface area contributed by atoms with Gasteiger partial charge in [0, 0.05) is 17.3 Å². The number of carbonyl (C=O) groups is 2. The molecule has 2 N–H and O–H groups in total. The molecule has 0 saturated heterocycles. The highest BCUT2D eigenvalue weighted by Gasteiger charge is 2.35. The fourth-order valence-corrected chi connectivity index (χ4v) is 3.48. The zero-order chi connectivity index (χ0) is 21.4. The molecule has 2 aliphatic rings. The van der Waals surface area contributed by atoms with Gasteiger partial charge in [-0.3, -0.25) is 14.9 Å². The Morgan fingerprint density at radius 3 is 2.74 bits per heavy atom. The van der Waals surface area contributed by atoms with Crippen molar-refractivity contribution in [2.75, 3.05) is 31.0 Å². The van der Waals surface area contributed by atoms with Gasteiger partial charge in [0.15, 0.2) is 17.3 Å². The molecule has 0 bridgehead atoms. The minimum Gasteiger partial charge on any atom is -0.497 e. The molecule has 1 aromatic heterocycles. The summed E-state index contributed by atoms with van der Waals surface area (Å²) in [7, 11) is 1.59. The van der Waals surface area contributed by atoms with Crippen molar-refractivity contribution in [1.29, 1.82) is 0 Å². The van der Waals surface area contributed by atoms with E-state index >= 15 is 0 Å². The first-order valence-electron chi connectivity index (χ1n) is 9.72. The van der Waals surface area contributed by atoms with Crippen molar-refractivity contribution in [2.45, 2.75) is 12.5 Å². The van der Waals surface area contributed by atoms with E-state index in [1.807, 2.05) is 12.1 Å². The number of aromatic nitrogens is 3. The van der Waals surface area contributed by atoms with Gasteiger partial charge in [-0.2, -0.15) is 4.98 Å². The molecule has 2 aliphatic heterocycles. The van der Waals surface area contributed by atoms with Gasteiger partial charge in [0.2, 0.25) is 11.9 Å². The van der Waals surface area contributed by atoms with Gasteiger partial charge in [0.25, 0.3) is 5.91 Å². The Balaban J connectivity index is 1.30. The van der Waals surface area contributed by atoms with E-state index < -0.39 is 6.04 Å². The number of nitrogens with zero attached hydrogens (tertiary/aromatic N) is 3. The summed E-state index contributed by atoms with van der Waals surface area (Å²) < 4.78 is 17.6. The molecular formula is C21H19N5O5. The fraction of sp³-hybridized carbons (Fsp3) is 0.238. The Bertz CT molecular complexity index is 1160. The van der Waals surface area contributed by atoms with Crippen LogP contribution in [0.5, 0.6) is 17.2 Å². The van der Waals surface area contributed by atoms with E-state index in [9.17, 15) is 9.59 Å². The summed E-state index contributed by atoms with van der Waals surface area (Å²) in [4.78, 5) is 29.3. The van der Waals surface area contributed by atoms with Gasteiger partial charge in [-0.25, -0.2) is 4.68 Å². The lowest BCUT2D eigenvalue weighted by molar-refractivity contribution is -0.123. The van der Waals surface area contributed by atoms with Crippen molar-refractivity contribution in [1.82, 2.24) is 14.8 Å². The van der Waals surface area contributed by atoms with Crippen LogP contribution in [0.4, 0.5) is 11.6 Å². The molecule has 158 valence electrons. The molecule has 0 unspecified atom stereocenters. The third kappa shape index (κ3) is 3.63. The highest BCUT2D eigenvalue weighted by atomic mass is 16.6. The number of rotatable bonds is 5. The summed E-state index contributed by atoms with van der Waals surface area (Å²) in [6.07, 6.45) is -0.0846. The number of methoxy groups -OCH3 is 1. The Morgan fingerprint density at radius 1 is 1.19 bits per heavy atom. The minimum atomic E-state index is -0.785. The SMILES string of the molecule is COc1ccc(-c2nc3n(n2)[C@H](CC(=O)Nc2ccc4c(c2)OCCO4)C(=O)N3)cc1. The number of benzene rings is 2. The molecule has 10 heteroatoms. The Labute approximate surface area is 177 Å². The third-order valence-electron chi connectivity index (χ3n) is 5.02. The highest BCUT2D eigenvalue weighted by Crippen LogP contribution is 2.33. The summed E-state index contributed by atoms with van der Waals surface area (Å²) in [5.74, 6) is 2.04. The monoisotopic (exact) mass is 421 g/mol. The van der Waals surface area contributed by atoms with Crippen molar-refractivity contribution in [2.24, 2.45) is 0 Å². The van der Waals surface area contributed by atoms with Crippen LogP contribution in [-0.4, -0.2) is 46.9 Å². The largest absolute Gasteiger partial charge is 0.497 e. The molecule has 10 nitrogen and oxygen atoms in total. The first-order chi connectivity index (χ1) is 15.1. The van der Waals surface area contributed by atoms with Gasteiger partial charge in [0.1, 0.15) is 25.0 Å². The molecular weight excluding hydrogens is 402 g/mol. The predicted octanol–water partition coefficient (Wildman–Crippen LogP) is 2.25. The second-order valence-corrected chi connectivity index (χ2v) is 7.05. The number of nitrogens with one attached hydrogen (secondary N) is 2. The van der Waals surface area contributed by atoms with E-state index in [-0.39, 0.29) is 18.2 Å². The van der Waals surface area contributed by atoms with Crippen LogP contribution >= 0.6 is 0 Å². The van der Waals surface area contributed by atoms with Gasteiger partial charge >= 0.3 is 0 Å². The number of carbonyl (C=O) groups excluding carboxylic acids is 2. The normalized spacial score (nSPS) is 16.4. The van der Waals surface area contributed by atoms with Crippen LogP contribution in [0, 0.1) is 0 Å². The molecule has 1 atom stereocenters. The lowest BCUT2D eigenvalue weighted by Gasteiger charge is -2.19. The zero-order valence-electron chi connectivity index (χ0n) is 16.6. The van der Waals surface area contributed by atoms with E-state index in [1.54, 1.807) is 37.4 Å². The summed E-state index contributed by atoms with van der Waals surface area (Å²) in [6.45, 7) is 0.951. The smallest absolute Gasteiger partial charge is 0.252 e. The second-order valence-electron chi connectivity index (χ2n) is 7.05. The molecule has 3 aromatic rings. The van der Waals surface area contributed by atoms with Gasteiger partial charge in [-0.15, -0.1) is 5.10 Å². The van der Waals surface area contributed by atoms with Crippen molar-refractivity contribution >= 4 is 23.5 Å². The minimum absolute atomic E-state index is 0.0846. The van der Waals surface area contributed by atoms with Gasteiger partial charge in [-0.05, 0) is 36.4 Å². The van der Waals surface area contributed by atoms with Crippen molar-refractivity contribution in [3.05, 3.63) is 42.5 Å². The maximum absolute atomic E-state index is 12.6. The summed E-state index contributed by atoms with van der Waals surface area (Å²) in [5, 5.41) is 9.90. The van der Waals surface area contributed by atoms with Gasteiger partial charge in [0.05, 0.1) is 13.5 Å². The molecule has 0 aliphatic carbocycles. The molecule has 2 amide bonds. The Morgan fingerprint density at radius 2 is 1.97 bits per heavy atom. The topological polar surface area (TPSA) is 117 Å². The number of hydrogen-bond donors (Lipinski definition) is 2. The number of anilines is 2. The first kappa shape index (κ1) is 18.9. The van der Waals surface area contributed by atoms with Crippen LogP contribution in [0.3, 0.4) is 0 Å². The molecule has 0 spiro atoms. The average molecular weight is 421 g/mol. The standard InChI is InChI=1S/C21H19N5O5/c1-29-14-5-2-12(3-6-14)19-23-21-24-20(28)15(26(21)25-19)11-18(27)22-13-4-7-16-17(10-13)31-9-8-30-16/h2-7,10,15H,8-9,11H2,1H3,(H,22,27)(H,23,24,25,28)/t15-/m1/s1. The van der Waals surface area contributed by atoms with Crippen LogP contribution in [-0.2, 0) is 9.59 Å². The molecule has 0 fully saturated rings. The van der Waals surface area contributed by atoms with Crippen molar-refractivity contribution in [3.63, 3.8) is 0 Å². The maximum atomic E-state index is 12.6. The summed E-state index contributed by atoms with van der Waals surface area (Å²) >= 11 is 0. The first-order valence-corrected chi connectivity index (χ1v) is 9.72. The van der Waals surface area contributed by atoms with Crippen LogP contribution in [0.1, 0.15) is 12.5 Å².